The summed E-state index contributed by atoms with van der Waals surface area (Å²) in [6.07, 6.45) is 6.13. The Labute approximate surface area is 232 Å². The Morgan fingerprint density at radius 2 is 1.90 bits per heavy atom. The molecule has 1 saturated heterocycles. The Morgan fingerprint density at radius 3 is 2.64 bits per heavy atom. The fourth-order valence-corrected chi connectivity index (χ4v) is 5.15. The molecule has 4 rings (SSSR count). The number of fused-ring (bicyclic) bond motifs is 1. The van der Waals surface area contributed by atoms with E-state index in [4.69, 9.17) is 9.47 Å². The number of aromatic nitrogens is 1. The molecule has 0 bridgehead atoms. The Kier molecular flexibility index (Phi) is 9.38. The van der Waals surface area contributed by atoms with Crippen molar-refractivity contribution in [3.05, 3.63) is 59.8 Å². The molecule has 1 aliphatic rings. The number of methoxy groups -OCH3 is 1. The van der Waals surface area contributed by atoms with E-state index >= 15 is 0 Å². The topological polar surface area (TPSA) is 67.2 Å². The molecule has 1 aromatic heterocycles. The van der Waals surface area contributed by atoms with Crippen LogP contribution in [0.1, 0.15) is 56.7 Å². The van der Waals surface area contributed by atoms with Crippen LogP contribution >= 0.6 is 0 Å². The van der Waals surface area contributed by atoms with E-state index < -0.39 is 0 Å². The summed E-state index contributed by atoms with van der Waals surface area (Å²) >= 11 is 0. The van der Waals surface area contributed by atoms with Gasteiger partial charge in [0.2, 0.25) is 5.91 Å². The van der Waals surface area contributed by atoms with E-state index in [1.807, 2.05) is 57.0 Å². The van der Waals surface area contributed by atoms with E-state index in [0.717, 1.165) is 53.5 Å². The van der Waals surface area contributed by atoms with E-state index in [0.29, 0.717) is 38.5 Å². The van der Waals surface area contributed by atoms with Crippen LogP contribution in [0.15, 0.2) is 48.7 Å². The second kappa shape index (κ2) is 12.9. The molecule has 1 fully saturated rings. The van der Waals surface area contributed by atoms with Crippen molar-refractivity contribution >= 4 is 22.8 Å². The molecule has 39 heavy (non-hydrogen) atoms. The quantitative estimate of drug-likeness (QED) is 0.280. The van der Waals surface area contributed by atoms with Crippen LogP contribution in [-0.4, -0.2) is 72.1 Å². The van der Waals surface area contributed by atoms with Crippen molar-refractivity contribution in [2.45, 2.75) is 58.7 Å². The highest BCUT2D eigenvalue weighted by molar-refractivity contribution is 5.86. The minimum absolute atomic E-state index is 0.0363. The summed E-state index contributed by atoms with van der Waals surface area (Å²) in [5, 5.41) is 1.07. The molecule has 8 heteroatoms. The standard InChI is InChI=1S/C31H42N4O4/c1-6-7-8-19-39-29-20-24(13-14-28(29)38-5)23(2)35-17-10-16-34(31(35)37)21-25-11-9-12-27-26(25)15-18-33(27)22-30(36)32(3)4/h9,11-15,18,20,23H,6-8,10,16-17,19,21-22H2,1-5H3. The first kappa shape index (κ1) is 28.3. The number of nitrogens with zero attached hydrogens (tertiary/aromatic N) is 4. The van der Waals surface area contributed by atoms with E-state index in [9.17, 15) is 9.59 Å². The highest BCUT2D eigenvalue weighted by Gasteiger charge is 2.30. The van der Waals surface area contributed by atoms with Gasteiger partial charge < -0.3 is 28.7 Å². The maximum Gasteiger partial charge on any atom is 0.320 e. The lowest BCUT2D eigenvalue weighted by molar-refractivity contribution is -0.129. The summed E-state index contributed by atoms with van der Waals surface area (Å²) in [5.41, 5.74) is 3.11. The van der Waals surface area contributed by atoms with Gasteiger partial charge in [0.25, 0.3) is 0 Å². The van der Waals surface area contributed by atoms with Crippen molar-refractivity contribution in [2.75, 3.05) is 40.9 Å². The normalized spacial score (nSPS) is 14.5. The largest absolute Gasteiger partial charge is 0.493 e. The molecule has 0 aliphatic carbocycles. The summed E-state index contributed by atoms with van der Waals surface area (Å²) in [6.45, 7) is 7.14. The van der Waals surface area contributed by atoms with E-state index in [2.05, 4.69) is 19.9 Å². The van der Waals surface area contributed by atoms with Gasteiger partial charge in [-0.3, -0.25) is 4.79 Å². The number of hydrogen-bond acceptors (Lipinski definition) is 4. The number of unbranched alkanes of at least 4 members (excludes halogenated alkanes) is 2. The second-order valence-corrected chi connectivity index (χ2v) is 10.5. The molecule has 210 valence electrons. The maximum absolute atomic E-state index is 13.7. The molecule has 2 heterocycles. The molecule has 3 aromatic rings. The Hall–Kier alpha value is -3.68. The molecule has 0 N–H and O–H groups in total. The van der Waals surface area contributed by atoms with Gasteiger partial charge >= 0.3 is 6.03 Å². The third-order valence-electron chi connectivity index (χ3n) is 7.56. The summed E-state index contributed by atoms with van der Waals surface area (Å²) in [5.74, 6) is 1.48. The van der Waals surface area contributed by atoms with Crippen LogP contribution in [0.3, 0.4) is 0 Å². The predicted octanol–water partition coefficient (Wildman–Crippen LogP) is 5.70. The fraction of sp³-hybridized carbons (Fsp3) is 0.484. The molecule has 3 amide bonds. The van der Waals surface area contributed by atoms with Crippen LogP contribution in [0.4, 0.5) is 4.79 Å². The Morgan fingerprint density at radius 1 is 1.08 bits per heavy atom. The second-order valence-electron chi connectivity index (χ2n) is 10.5. The molecule has 0 saturated carbocycles. The maximum atomic E-state index is 13.7. The van der Waals surface area contributed by atoms with Gasteiger partial charge in [0.15, 0.2) is 11.5 Å². The number of hydrogen-bond donors (Lipinski definition) is 0. The summed E-state index contributed by atoms with van der Waals surface area (Å²) in [4.78, 5) is 31.5. The van der Waals surface area contributed by atoms with Gasteiger partial charge in [-0.05, 0) is 55.2 Å². The lowest BCUT2D eigenvalue weighted by atomic mass is 10.0. The van der Waals surface area contributed by atoms with E-state index in [-0.39, 0.29) is 18.0 Å². The molecular weight excluding hydrogens is 492 g/mol. The van der Waals surface area contributed by atoms with Crippen molar-refractivity contribution in [3.8, 4) is 11.5 Å². The van der Waals surface area contributed by atoms with Crippen LogP contribution < -0.4 is 9.47 Å². The number of amides is 3. The van der Waals surface area contributed by atoms with Gasteiger partial charge in [0.1, 0.15) is 6.54 Å². The number of ether oxygens (including phenoxy) is 2. The van der Waals surface area contributed by atoms with Crippen molar-refractivity contribution in [3.63, 3.8) is 0 Å². The fourth-order valence-electron chi connectivity index (χ4n) is 5.15. The first-order valence-electron chi connectivity index (χ1n) is 14.0. The average molecular weight is 535 g/mol. The molecule has 2 aromatic carbocycles. The molecule has 0 spiro atoms. The highest BCUT2D eigenvalue weighted by Crippen LogP contribution is 2.34. The van der Waals surface area contributed by atoms with Gasteiger partial charge in [-0.2, -0.15) is 0 Å². The lowest BCUT2D eigenvalue weighted by Gasteiger charge is -2.39. The van der Waals surface area contributed by atoms with Crippen molar-refractivity contribution in [1.82, 2.24) is 19.3 Å². The van der Waals surface area contributed by atoms with Crippen molar-refractivity contribution < 1.29 is 19.1 Å². The SMILES string of the molecule is CCCCCOc1cc(C(C)N2CCCN(Cc3cccc4c3ccn4CC(=O)N(C)C)C2=O)ccc1OC. The van der Waals surface area contributed by atoms with Gasteiger partial charge in [-0.15, -0.1) is 0 Å². The van der Waals surface area contributed by atoms with E-state index in [1.54, 1.807) is 26.1 Å². The van der Waals surface area contributed by atoms with Crippen LogP contribution in [0.25, 0.3) is 10.9 Å². The zero-order valence-corrected chi connectivity index (χ0v) is 24.0. The minimum Gasteiger partial charge on any atom is -0.493 e. The van der Waals surface area contributed by atoms with Gasteiger partial charge in [0, 0.05) is 50.8 Å². The molecular formula is C31H42N4O4. The first-order valence-corrected chi connectivity index (χ1v) is 14.0. The highest BCUT2D eigenvalue weighted by atomic mass is 16.5. The molecule has 1 atom stereocenters. The monoisotopic (exact) mass is 534 g/mol. The van der Waals surface area contributed by atoms with Gasteiger partial charge in [-0.1, -0.05) is 38.0 Å². The summed E-state index contributed by atoms with van der Waals surface area (Å²) in [7, 11) is 5.18. The van der Waals surface area contributed by atoms with Crippen LogP contribution in [-0.2, 0) is 17.9 Å². The lowest BCUT2D eigenvalue weighted by Crippen LogP contribution is -2.49. The number of carbonyl (C=O) groups is 2. The first-order chi connectivity index (χ1) is 18.8. The zero-order valence-electron chi connectivity index (χ0n) is 24.0. The summed E-state index contributed by atoms with van der Waals surface area (Å²) < 4.78 is 13.5. The number of carbonyl (C=O) groups excluding carboxylic acids is 2. The number of likely N-dealkylation sites (N-methyl/N-ethyl adjacent to an activating group) is 1. The number of benzene rings is 2. The van der Waals surface area contributed by atoms with Gasteiger partial charge in [0.05, 0.1) is 19.8 Å². The van der Waals surface area contributed by atoms with Gasteiger partial charge in [-0.25, -0.2) is 4.79 Å². The smallest absolute Gasteiger partial charge is 0.320 e. The number of urea groups is 1. The molecule has 8 nitrogen and oxygen atoms in total. The number of rotatable bonds is 12. The van der Waals surface area contributed by atoms with Crippen LogP contribution in [0.2, 0.25) is 0 Å². The average Bonchev–Trinajstić information content (AvgIpc) is 3.35. The molecule has 0 radical (unpaired) electrons. The van der Waals surface area contributed by atoms with E-state index in [1.165, 1.54) is 0 Å². The zero-order chi connectivity index (χ0) is 27.9. The van der Waals surface area contributed by atoms with Crippen LogP contribution in [0.5, 0.6) is 11.5 Å². The summed E-state index contributed by atoms with van der Waals surface area (Å²) in [6, 6.07) is 14.0. The molecule has 1 unspecified atom stereocenters. The third kappa shape index (κ3) is 6.49. The molecule has 1 aliphatic heterocycles. The third-order valence-corrected chi connectivity index (χ3v) is 7.56. The minimum atomic E-state index is -0.0990. The van der Waals surface area contributed by atoms with Crippen molar-refractivity contribution in [1.29, 1.82) is 0 Å². The Bertz CT molecular complexity index is 1280. The van der Waals surface area contributed by atoms with Crippen LogP contribution in [0, 0.1) is 0 Å². The Balaban J connectivity index is 1.49. The predicted molar refractivity (Wildman–Crippen MR) is 154 cm³/mol. The van der Waals surface area contributed by atoms with Crippen molar-refractivity contribution in [2.24, 2.45) is 0 Å².